The van der Waals surface area contributed by atoms with Crippen LogP contribution in [0.4, 0.5) is 0 Å². The number of para-hydroxylation sites is 2. The average Bonchev–Trinajstić information content (AvgIpc) is 3.12. The van der Waals surface area contributed by atoms with Crippen LogP contribution in [-0.2, 0) is 16.6 Å². The fourth-order valence-electron chi connectivity index (χ4n) is 2.26. The molecule has 0 saturated heterocycles. The Morgan fingerprint density at radius 1 is 1.18 bits per heavy atom. The predicted octanol–water partition coefficient (Wildman–Crippen LogP) is 1.76. The summed E-state index contributed by atoms with van der Waals surface area (Å²) in [5.41, 5.74) is 1.43. The van der Waals surface area contributed by atoms with Gasteiger partial charge in [-0.25, -0.2) is 17.9 Å². The minimum Gasteiger partial charge on any atom is -0.306 e. The van der Waals surface area contributed by atoms with Crippen molar-refractivity contribution in [2.45, 2.75) is 17.2 Å². The molecule has 0 unspecified atom stereocenters. The maximum absolute atomic E-state index is 12.0. The fourth-order valence-corrected chi connectivity index (χ4v) is 4.37. The number of H-pyrrole nitrogens is 1. The van der Waals surface area contributed by atoms with Crippen molar-refractivity contribution in [1.29, 1.82) is 0 Å². The Labute approximate surface area is 131 Å². The number of sulfonamides is 1. The van der Waals surface area contributed by atoms with E-state index in [1.807, 2.05) is 24.3 Å². The first-order valence-corrected chi connectivity index (χ1v) is 9.15. The van der Waals surface area contributed by atoms with Crippen LogP contribution in [-0.4, -0.2) is 24.5 Å². The number of fused-ring (bicyclic) bond motifs is 1. The molecule has 0 saturated carbocycles. The Bertz CT molecular complexity index is 924. The summed E-state index contributed by atoms with van der Waals surface area (Å²) in [6.07, 6.45) is 0.534. The molecule has 0 amide bonds. The van der Waals surface area contributed by atoms with Crippen LogP contribution in [0.15, 0.2) is 50.8 Å². The van der Waals surface area contributed by atoms with E-state index in [1.54, 1.807) is 22.1 Å². The molecule has 0 aliphatic heterocycles. The van der Waals surface area contributed by atoms with E-state index in [0.717, 1.165) is 11.0 Å². The van der Waals surface area contributed by atoms with Crippen LogP contribution in [0.25, 0.3) is 11.0 Å². The van der Waals surface area contributed by atoms with Gasteiger partial charge in [0.1, 0.15) is 4.21 Å². The molecule has 0 aliphatic carbocycles. The summed E-state index contributed by atoms with van der Waals surface area (Å²) >= 11 is 1.18. The first kappa shape index (κ1) is 15.0. The van der Waals surface area contributed by atoms with Crippen molar-refractivity contribution in [2.24, 2.45) is 0 Å². The van der Waals surface area contributed by atoms with Crippen LogP contribution in [0, 0.1) is 0 Å². The molecule has 0 aliphatic rings. The van der Waals surface area contributed by atoms with Gasteiger partial charge in [0.25, 0.3) is 0 Å². The van der Waals surface area contributed by atoms with Crippen molar-refractivity contribution in [3.05, 3.63) is 52.3 Å². The molecule has 0 spiro atoms. The van der Waals surface area contributed by atoms with Crippen molar-refractivity contribution < 1.29 is 8.42 Å². The second-order valence-corrected chi connectivity index (χ2v) is 7.72. The Kier molecular flexibility index (Phi) is 4.14. The van der Waals surface area contributed by atoms with Gasteiger partial charge in [-0.3, -0.25) is 4.57 Å². The van der Waals surface area contributed by atoms with Gasteiger partial charge in [-0.05, 0) is 30.0 Å². The molecule has 0 bridgehead atoms. The number of thiophene rings is 1. The second kappa shape index (κ2) is 6.07. The van der Waals surface area contributed by atoms with Crippen LogP contribution in [0.5, 0.6) is 0 Å². The van der Waals surface area contributed by atoms with E-state index >= 15 is 0 Å². The molecule has 6 nitrogen and oxygen atoms in total. The van der Waals surface area contributed by atoms with Crippen molar-refractivity contribution in [3.63, 3.8) is 0 Å². The SMILES string of the molecule is O=c1[nH]c2ccccc2n1CCCNS(=O)(=O)c1cccs1. The number of nitrogens with zero attached hydrogens (tertiary/aromatic N) is 1. The van der Waals surface area contributed by atoms with E-state index in [-0.39, 0.29) is 12.2 Å². The van der Waals surface area contributed by atoms with Gasteiger partial charge in [0.05, 0.1) is 11.0 Å². The average molecular weight is 337 g/mol. The van der Waals surface area contributed by atoms with Crippen molar-refractivity contribution >= 4 is 32.4 Å². The molecule has 3 rings (SSSR count). The number of imidazole rings is 1. The third-order valence-electron chi connectivity index (χ3n) is 3.29. The first-order valence-electron chi connectivity index (χ1n) is 6.79. The summed E-state index contributed by atoms with van der Waals surface area (Å²) in [6, 6.07) is 10.7. The van der Waals surface area contributed by atoms with Crippen molar-refractivity contribution in [3.8, 4) is 0 Å². The summed E-state index contributed by atoms with van der Waals surface area (Å²) in [5.74, 6) is 0. The zero-order chi connectivity index (χ0) is 15.6. The van der Waals surface area contributed by atoms with Gasteiger partial charge in [0.2, 0.25) is 10.0 Å². The molecule has 0 fully saturated rings. The van der Waals surface area contributed by atoms with Gasteiger partial charge < -0.3 is 4.98 Å². The molecule has 0 atom stereocenters. The second-order valence-electron chi connectivity index (χ2n) is 4.78. The normalized spacial score (nSPS) is 12.0. The van der Waals surface area contributed by atoms with E-state index in [1.165, 1.54) is 11.3 Å². The standard InChI is InChI=1S/C14H15N3O3S2/c18-14-16-11-5-1-2-6-12(11)17(14)9-4-8-15-22(19,20)13-7-3-10-21-13/h1-3,5-7,10,15H,4,8-9H2,(H,16,18). The van der Waals surface area contributed by atoms with Crippen LogP contribution in [0.3, 0.4) is 0 Å². The maximum Gasteiger partial charge on any atom is 0.326 e. The summed E-state index contributed by atoms with van der Waals surface area (Å²) in [7, 11) is -3.44. The van der Waals surface area contributed by atoms with Crippen molar-refractivity contribution in [1.82, 2.24) is 14.3 Å². The summed E-state index contributed by atoms with van der Waals surface area (Å²) < 4.78 is 28.4. The number of rotatable bonds is 6. The van der Waals surface area contributed by atoms with Crippen LogP contribution >= 0.6 is 11.3 Å². The van der Waals surface area contributed by atoms with Crippen LogP contribution in [0.1, 0.15) is 6.42 Å². The number of aromatic amines is 1. The van der Waals surface area contributed by atoms with E-state index in [9.17, 15) is 13.2 Å². The lowest BCUT2D eigenvalue weighted by atomic mass is 10.3. The largest absolute Gasteiger partial charge is 0.326 e. The van der Waals surface area contributed by atoms with Gasteiger partial charge in [-0.2, -0.15) is 0 Å². The summed E-state index contributed by atoms with van der Waals surface area (Å²) in [5, 5.41) is 1.72. The minimum atomic E-state index is -3.44. The van der Waals surface area contributed by atoms with Crippen LogP contribution < -0.4 is 10.4 Å². The molecule has 8 heteroatoms. The number of hydrogen-bond acceptors (Lipinski definition) is 4. The third kappa shape index (κ3) is 2.99. The number of aryl methyl sites for hydroxylation is 1. The van der Waals surface area contributed by atoms with Gasteiger partial charge >= 0.3 is 5.69 Å². The highest BCUT2D eigenvalue weighted by Gasteiger charge is 2.14. The Hall–Kier alpha value is -1.90. The monoisotopic (exact) mass is 337 g/mol. The molecule has 1 aromatic carbocycles. The highest BCUT2D eigenvalue weighted by atomic mass is 32.2. The number of hydrogen-bond donors (Lipinski definition) is 2. The van der Waals surface area contributed by atoms with Gasteiger partial charge in [0.15, 0.2) is 0 Å². The summed E-state index contributed by atoms with van der Waals surface area (Å²) in [4.78, 5) is 14.7. The number of aromatic nitrogens is 2. The van der Waals surface area contributed by atoms with Gasteiger partial charge in [-0.15, -0.1) is 11.3 Å². The van der Waals surface area contributed by atoms with E-state index in [4.69, 9.17) is 0 Å². The topological polar surface area (TPSA) is 84.0 Å². The quantitative estimate of drug-likeness (QED) is 0.672. The van der Waals surface area contributed by atoms with E-state index < -0.39 is 10.0 Å². The lowest BCUT2D eigenvalue weighted by Gasteiger charge is -2.06. The first-order chi connectivity index (χ1) is 10.6. The van der Waals surface area contributed by atoms with Crippen LogP contribution in [0.2, 0.25) is 0 Å². The Morgan fingerprint density at radius 2 is 2.00 bits per heavy atom. The number of nitrogens with one attached hydrogen (secondary N) is 2. The molecule has 0 radical (unpaired) electrons. The molecular formula is C14H15N3O3S2. The molecule has 116 valence electrons. The fraction of sp³-hybridized carbons (Fsp3) is 0.214. The third-order valence-corrected chi connectivity index (χ3v) is 6.15. The molecule has 3 aromatic rings. The number of benzene rings is 1. The smallest absolute Gasteiger partial charge is 0.306 e. The van der Waals surface area contributed by atoms with Crippen molar-refractivity contribution in [2.75, 3.05) is 6.54 Å². The molecule has 22 heavy (non-hydrogen) atoms. The molecule has 2 heterocycles. The lowest BCUT2D eigenvalue weighted by Crippen LogP contribution is -2.26. The zero-order valence-corrected chi connectivity index (χ0v) is 13.3. The Balaban J connectivity index is 1.64. The van der Waals surface area contributed by atoms with Gasteiger partial charge in [-0.1, -0.05) is 18.2 Å². The lowest BCUT2D eigenvalue weighted by molar-refractivity contribution is 0.571. The van der Waals surface area contributed by atoms with Gasteiger partial charge in [0, 0.05) is 13.1 Å². The molecular weight excluding hydrogens is 322 g/mol. The van der Waals surface area contributed by atoms with E-state index in [2.05, 4.69) is 9.71 Å². The highest BCUT2D eigenvalue weighted by molar-refractivity contribution is 7.91. The zero-order valence-electron chi connectivity index (χ0n) is 11.7. The summed E-state index contributed by atoms with van der Waals surface area (Å²) in [6.45, 7) is 0.738. The molecule has 2 aromatic heterocycles. The minimum absolute atomic E-state index is 0.178. The predicted molar refractivity (Wildman–Crippen MR) is 86.7 cm³/mol. The van der Waals surface area contributed by atoms with E-state index in [0.29, 0.717) is 17.2 Å². The highest BCUT2D eigenvalue weighted by Crippen LogP contribution is 2.15. The maximum atomic E-state index is 12.0. The molecule has 2 N–H and O–H groups in total. The Morgan fingerprint density at radius 3 is 2.77 bits per heavy atom.